The van der Waals surface area contributed by atoms with E-state index >= 15 is 0 Å². The molecule has 0 bridgehead atoms. The third kappa shape index (κ3) is 2.18. The summed E-state index contributed by atoms with van der Waals surface area (Å²) in [6.07, 6.45) is 3.16. The average Bonchev–Trinajstić information content (AvgIpc) is 2.87. The summed E-state index contributed by atoms with van der Waals surface area (Å²) in [5, 5.41) is 4.35. The number of carbonyl (C=O) groups excluding carboxylic acids is 1. The number of rotatable bonds is 3. The van der Waals surface area contributed by atoms with Crippen LogP contribution >= 0.6 is 11.6 Å². The van der Waals surface area contributed by atoms with Crippen molar-refractivity contribution >= 4 is 22.9 Å². The van der Waals surface area contributed by atoms with Gasteiger partial charge < -0.3 is 0 Å². The van der Waals surface area contributed by atoms with Gasteiger partial charge in [-0.15, -0.1) is 0 Å². The molecule has 0 saturated carbocycles. The molecule has 0 unspecified atom stereocenters. The first-order valence-corrected chi connectivity index (χ1v) is 6.43. The van der Waals surface area contributed by atoms with E-state index < -0.39 is 5.82 Å². The lowest BCUT2D eigenvalue weighted by Crippen LogP contribution is -2.05. The summed E-state index contributed by atoms with van der Waals surface area (Å²) in [7, 11) is 0. The van der Waals surface area contributed by atoms with Gasteiger partial charge in [0.1, 0.15) is 5.82 Å². The smallest absolute Gasteiger partial charge is 0.171 e. The summed E-state index contributed by atoms with van der Waals surface area (Å²) < 4.78 is 15.3. The van der Waals surface area contributed by atoms with Crippen LogP contribution in [0.15, 0.2) is 48.8 Å². The average molecular weight is 289 g/mol. The van der Waals surface area contributed by atoms with Crippen LogP contribution in [0.4, 0.5) is 4.39 Å². The molecule has 0 saturated heterocycles. The molecule has 0 aliphatic rings. The molecule has 0 aliphatic carbocycles. The van der Waals surface area contributed by atoms with Crippen molar-refractivity contribution in [3.8, 4) is 0 Å². The molecule has 5 heteroatoms. The Balaban J connectivity index is 1.98. The minimum absolute atomic E-state index is 0.0816. The highest BCUT2D eigenvalue weighted by atomic mass is 35.5. The number of Topliss-reactive ketones (excluding diaryl/α,β-unsaturated/α-hetero) is 1. The highest BCUT2D eigenvalue weighted by Crippen LogP contribution is 2.22. The number of hydrogen-bond acceptors (Lipinski definition) is 2. The molecule has 0 N–H and O–H groups in total. The summed E-state index contributed by atoms with van der Waals surface area (Å²) in [5.74, 6) is -0.680. The minimum atomic E-state index is -0.470. The van der Waals surface area contributed by atoms with E-state index in [0.717, 1.165) is 0 Å². The van der Waals surface area contributed by atoms with E-state index in [1.165, 1.54) is 18.3 Å². The second-order valence-electron chi connectivity index (χ2n) is 4.39. The Morgan fingerprint density at radius 3 is 2.90 bits per heavy atom. The Hall–Kier alpha value is -2.20. The van der Waals surface area contributed by atoms with Crippen molar-refractivity contribution in [2.75, 3.05) is 0 Å². The second kappa shape index (κ2) is 5.06. The summed E-state index contributed by atoms with van der Waals surface area (Å²) in [4.78, 5) is 12.3. The molecule has 3 rings (SSSR count). The second-order valence-corrected chi connectivity index (χ2v) is 4.80. The predicted molar refractivity (Wildman–Crippen MR) is 74.6 cm³/mol. The fourth-order valence-electron chi connectivity index (χ4n) is 2.11. The van der Waals surface area contributed by atoms with Gasteiger partial charge in [-0.25, -0.2) is 8.91 Å². The molecular weight excluding hydrogens is 279 g/mol. The van der Waals surface area contributed by atoms with Crippen LogP contribution in [0.5, 0.6) is 0 Å². The van der Waals surface area contributed by atoms with E-state index in [0.29, 0.717) is 11.1 Å². The number of ketones is 1. The number of nitrogens with zero attached hydrogens (tertiary/aromatic N) is 2. The van der Waals surface area contributed by atoms with Crippen LogP contribution in [-0.2, 0) is 6.42 Å². The number of fused-ring (bicyclic) bond motifs is 1. The van der Waals surface area contributed by atoms with Gasteiger partial charge in [-0.1, -0.05) is 23.7 Å². The van der Waals surface area contributed by atoms with Gasteiger partial charge >= 0.3 is 0 Å². The van der Waals surface area contributed by atoms with E-state index in [9.17, 15) is 9.18 Å². The number of aromatic nitrogens is 2. The zero-order valence-corrected chi connectivity index (χ0v) is 11.1. The Labute approximate surface area is 119 Å². The van der Waals surface area contributed by atoms with Gasteiger partial charge in [0.15, 0.2) is 5.78 Å². The first kappa shape index (κ1) is 12.8. The van der Waals surface area contributed by atoms with E-state index in [1.807, 2.05) is 12.1 Å². The molecule has 0 atom stereocenters. The van der Waals surface area contributed by atoms with Gasteiger partial charge in [-0.3, -0.25) is 4.79 Å². The Bertz CT molecular complexity index is 777. The molecule has 1 aromatic carbocycles. The van der Waals surface area contributed by atoms with Crippen LogP contribution in [0.3, 0.4) is 0 Å². The van der Waals surface area contributed by atoms with Crippen molar-refractivity contribution in [1.29, 1.82) is 0 Å². The fraction of sp³-hybridized carbons (Fsp3) is 0.0667. The Morgan fingerprint density at radius 2 is 2.10 bits per heavy atom. The zero-order valence-electron chi connectivity index (χ0n) is 10.4. The normalized spacial score (nSPS) is 10.9. The standard InChI is InChI=1S/C15H10ClFN2O/c16-12-4-3-5-13(17)10(12)8-15(20)11-9-18-19-7-2-1-6-14(11)19/h1-7,9H,8H2. The topological polar surface area (TPSA) is 34.4 Å². The van der Waals surface area contributed by atoms with Crippen molar-refractivity contribution in [1.82, 2.24) is 9.61 Å². The number of hydrogen-bond donors (Lipinski definition) is 0. The van der Waals surface area contributed by atoms with Crippen LogP contribution in [0.1, 0.15) is 15.9 Å². The lowest BCUT2D eigenvalue weighted by Gasteiger charge is -2.04. The molecule has 3 nitrogen and oxygen atoms in total. The monoisotopic (exact) mass is 288 g/mol. The van der Waals surface area contributed by atoms with E-state index in [2.05, 4.69) is 5.10 Å². The first-order valence-electron chi connectivity index (χ1n) is 6.05. The van der Waals surface area contributed by atoms with Gasteiger partial charge in [0, 0.05) is 23.2 Å². The van der Waals surface area contributed by atoms with Crippen molar-refractivity contribution < 1.29 is 9.18 Å². The maximum atomic E-state index is 13.7. The van der Waals surface area contributed by atoms with Crippen molar-refractivity contribution in [2.24, 2.45) is 0 Å². The van der Waals surface area contributed by atoms with Crippen LogP contribution in [-0.4, -0.2) is 15.4 Å². The number of benzene rings is 1. The highest BCUT2D eigenvalue weighted by molar-refractivity contribution is 6.31. The third-order valence-electron chi connectivity index (χ3n) is 3.13. The van der Waals surface area contributed by atoms with Crippen LogP contribution in [0, 0.1) is 5.82 Å². The molecule has 0 amide bonds. The molecule has 3 aromatic rings. The summed E-state index contributed by atoms with van der Waals surface area (Å²) in [5.41, 5.74) is 1.38. The van der Waals surface area contributed by atoms with Gasteiger partial charge in [0.2, 0.25) is 0 Å². The van der Waals surface area contributed by atoms with Crippen LogP contribution in [0.25, 0.3) is 5.52 Å². The van der Waals surface area contributed by atoms with Crippen molar-refractivity contribution in [3.63, 3.8) is 0 Å². The van der Waals surface area contributed by atoms with Gasteiger partial charge in [0.25, 0.3) is 0 Å². The number of carbonyl (C=O) groups is 1. The molecule has 0 radical (unpaired) electrons. The maximum absolute atomic E-state index is 13.7. The summed E-state index contributed by atoms with van der Waals surface area (Å²) >= 11 is 5.94. The van der Waals surface area contributed by atoms with Crippen molar-refractivity contribution in [3.05, 3.63) is 70.8 Å². The lowest BCUT2D eigenvalue weighted by atomic mass is 10.0. The summed E-state index contributed by atoms with van der Waals surface area (Å²) in [6, 6.07) is 9.82. The van der Waals surface area contributed by atoms with Crippen LogP contribution < -0.4 is 0 Å². The summed E-state index contributed by atoms with van der Waals surface area (Å²) in [6.45, 7) is 0. The molecule has 2 aromatic heterocycles. The Morgan fingerprint density at radius 1 is 1.25 bits per heavy atom. The van der Waals surface area contributed by atoms with E-state index in [1.54, 1.807) is 22.8 Å². The first-order chi connectivity index (χ1) is 9.66. The van der Waals surface area contributed by atoms with E-state index in [4.69, 9.17) is 11.6 Å². The molecule has 100 valence electrons. The SMILES string of the molecule is O=C(Cc1c(F)cccc1Cl)c1cnn2ccccc12. The van der Waals surface area contributed by atoms with E-state index in [-0.39, 0.29) is 22.8 Å². The lowest BCUT2D eigenvalue weighted by molar-refractivity contribution is 0.0993. The molecular formula is C15H10ClFN2O. The Kier molecular flexibility index (Phi) is 3.24. The largest absolute Gasteiger partial charge is 0.294 e. The third-order valence-corrected chi connectivity index (χ3v) is 3.48. The quantitative estimate of drug-likeness (QED) is 0.691. The molecule has 0 fully saturated rings. The van der Waals surface area contributed by atoms with Gasteiger partial charge in [-0.05, 0) is 24.3 Å². The fourth-order valence-corrected chi connectivity index (χ4v) is 2.34. The minimum Gasteiger partial charge on any atom is -0.294 e. The highest BCUT2D eigenvalue weighted by Gasteiger charge is 2.16. The predicted octanol–water partition coefficient (Wildman–Crippen LogP) is 3.55. The molecule has 0 aliphatic heterocycles. The number of halogens is 2. The van der Waals surface area contributed by atoms with Gasteiger partial charge in [0.05, 0.1) is 17.3 Å². The molecule has 0 spiro atoms. The zero-order chi connectivity index (χ0) is 14.1. The maximum Gasteiger partial charge on any atom is 0.171 e. The number of pyridine rings is 1. The van der Waals surface area contributed by atoms with Crippen LogP contribution in [0.2, 0.25) is 5.02 Å². The molecule has 2 heterocycles. The van der Waals surface area contributed by atoms with Crippen molar-refractivity contribution in [2.45, 2.75) is 6.42 Å². The van der Waals surface area contributed by atoms with Gasteiger partial charge in [-0.2, -0.15) is 5.10 Å². The molecule has 20 heavy (non-hydrogen) atoms.